The van der Waals surface area contributed by atoms with Crippen molar-refractivity contribution in [3.05, 3.63) is 34.3 Å². The fourth-order valence-corrected chi connectivity index (χ4v) is 2.52. The van der Waals surface area contributed by atoms with E-state index in [9.17, 15) is 0 Å². The SMILES string of the molecule is CCCC(C)OC(CNC(C)(C)C)c1cccc(Br)c1. The summed E-state index contributed by atoms with van der Waals surface area (Å²) < 4.78 is 7.34. The standard InChI is InChI=1S/C17H28BrNO/c1-6-8-13(2)20-16(12-19-17(3,4)5)14-9-7-10-15(18)11-14/h7,9-11,13,16,19H,6,8,12H2,1-5H3. The van der Waals surface area contributed by atoms with Crippen LogP contribution in [0.3, 0.4) is 0 Å². The third-order valence-corrected chi connectivity index (χ3v) is 3.62. The molecule has 1 N–H and O–H groups in total. The molecule has 0 saturated carbocycles. The predicted octanol–water partition coefficient (Wildman–Crippen LogP) is 5.08. The van der Waals surface area contributed by atoms with Crippen molar-refractivity contribution in [2.24, 2.45) is 0 Å². The molecule has 1 aromatic carbocycles. The van der Waals surface area contributed by atoms with Gasteiger partial charge in [-0.3, -0.25) is 0 Å². The molecule has 20 heavy (non-hydrogen) atoms. The van der Waals surface area contributed by atoms with E-state index in [1.165, 1.54) is 5.56 Å². The normalized spacial score (nSPS) is 15.1. The third-order valence-electron chi connectivity index (χ3n) is 3.13. The maximum Gasteiger partial charge on any atom is 0.0953 e. The van der Waals surface area contributed by atoms with Crippen LogP contribution in [0.2, 0.25) is 0 Å². The number of rotatable bonds is 7. The van der Waals surface area contributed by atoms with Crippen molar-refractivity contribution >= 4 is 15.9 Å². The van der Waals surface area contributed by atoms with Crippen LogP contribution < -0.4 is 5.32 Å². The minimum Gasteiger partial charge on any atom is -0.369 e. The Morgan fingerprint density at radius 1 is 1.30 bits per heavy atom. The van der Waals surface area contributed by atoms with Gasteiger partial charge in [0.1, 0.15) is 0 Å². The van der Waals surface area contributed by atoms with Gasteiger partial charge >= 0.3 is 0 Å². The lowest BCUT2D eigenvalue weighted by atomic mass is 10.1. The zero-order valence-corrected chi connectivity index (χ0v) is 15.0. The molecule has 0 spiro atoms. The minimum absolute atomic E-state index is 0.0910. The Labute approximate surface area is 132 Å². The summed E-state index contributed by atoms with van der Waals surface area (Å²) in [5.74, 6) is 0. The molecule has 0 aliphatic heterocycles. The molecule has 0 fully saturated rings. The van der Waals surface area contributed by atoms with E-state index in [1.807, 2.05) is 6.07 Å². The average molecular weight is 342 g/mol. The van der Waals surface area contributed by atoms with Crippen molar-refractivity contribution in [1.29, 1.82) is 0 Å². The monoisotopic (exact) mass is 341 g/mol. The van der Waals surface area contributed by atoms with Gasteiger partial charge in [-0.2, -0.15) is 0 Å². The van der Waals surface area contributed by atoms with Crippen molar-refractivity contribution in [3.8, 4) is 0 Å². The molecular formula is C17H28BrNO. The number of nitrogens with one attached hydrogen (secondary N) is 1. The van der Waals surface area contributed by atoms with Crippen LogP contribution in [-0.4, -0.2) is 18.2 Å². The summed E-state index contributed by atoms with van der Waals surface area (Å²) in [6.07, 6.45) is 2.62. The Hall–Kier alpha value is -0.380. The third kappa shape index (κ3) is 6.87. The molecule has 0 amide bonds. The van der Waals surface area contributed by atoms with E-state index in [1.54, 1.807) is 0 Å². The molecule has 3 heteroatoms. The first-order valence-electron chi connectivity index (χ1n) is 7.47. The van der Waals surface area contributed by atoms with Gasteiger partial charge in [-0.05, 0) is 51.8 Å². The Morgan fingerprint density at radius 2 is 2.00 bits per heavy atom. The molecule has 2 unspecified atom stereocenters. The van der Waals surface area contributed by atoms with Gasteiger partial charge in [0.2, 0.25) is 0 Å². The maximum absolute atomic E-state index is 6.24. The first-order valence-corrected chi connectivity index (χ1v) is 8.27. The van der Waals surface area contributed by atoms with Crippen LogP contribution in [0.4, 0.5) is 0 Å². The Kier molecular flexibility index (Phi) is 7.21. The summed E-state index contributed by atoms with van der Waals surface area (Å²) in [6.45, 7) is 11.7. The summed E-state index contributed by atoms with van der Waals surface area (Å²) in [5, 5.41) is 3.55. The maximum atomic E-state index is 6.24. The van der Waals surface area contributed by atoms with Gasteiger partial charge in [-0.1, -0.05) is 41.4 Å². The van der Waals surface area contributed by atoms with Gasteiger partial charge in [0.05, 0.1) is 12.2 Å². The van der Waals surface area contributed by atoms with E-state index >= 15 is 0 Å². The zero-order chi connectivity index (χ0) is 15.2. The highest BCUT2D eigenvalue weighted by molar-refractivity contribution is 9.10. The first-order chi connectivity index (χ1) is 9.31. The van der Waals surface area contributed by atoms with Crippen molar-refractivity contribution in [1.82, 2.24) is 5.32 Å². The van der Waals surface area contributed by atoms with Crippen LogP contribution in [0, 0.1) is 0 Å². The van der Waals surface area contributed by atoms with Gasteiger partial charge in [0, 0.05) is 16.6 Å². The quantitative estimate of drug-likeness (QED) is 0.746. The molecule has 0 heterocycles. The lowest BCUT2D eigenvalue weighted by molar-refractivity contribution is -0.00996. The van der Waals surface area contributed by atoms with Crippen LogP contribution in [0.25, 0.3) is 0 Å². The molecule has 0 aliphatic carbocycles. The molecular weight excluding hydrogens is 314 g/mol. The van der Waals surface area contributed by atoms with Crippen LogP contribution in [0.5, 0.6) is 0 Å². The fourth-order valence-electron chi connectivity index (χ4n) is 2.11. The minimum atomic E-state index is 0.0910. The van der Waals surface area contributed by atoms with Crippen LogP contribution in [-0.2, 0) is 4.74 Å². The van der Waals surface area contributed by atoms with E-state index in [2.05, 4.69) is 74.1 Å². The molecule has 2 nitrogen and oxygen atoms in total. The van der Waals surface area contributed by atoms with Crippen LogP contribution in [0.15, 0.2) is 28.7 Å². The Bertz CT molecular complexity index is 400. The molecule has 0 aliphatic rings. The Balaban J connectivity index is 2.78. The summed E-state index contributed by atoms with van der Waals surface area (Å²) in [7, 11) is 0. The van der Waals surface area contributed by atoms with E-state index in [-0.39, 0.29) is 17.7 Å². The largest absolute Gasteiger partial charge is 0.369 e. The summed E-state index contributed by atoms with van der Waals surface area (Å²) in [4.78, 5) is 0. The van der Waals surface area contributed by atoms with Crippen LogP contribution in [0.1, 0.15) is 59.1 Å². The second-order valence-electron chi connectivity index (χ2n) is 6.41. The lowest BCUT2D eigenvalue weighted by Gasteiger charge is -2.28. The second kappa shape index (κ2) is 8.16. The Morgan fingerprint density at radius 3 is 2.55 bits per heavy atom. The van der Waals surface area contributed by atoms with Crippen molar-refractivity contribution in [2.75, 3.05) is 6.54 Å². The molecule has 0 radical (unpaired) electrons. The molecule has 114 valence electrons. The number of benzene rings is 1. The molecule has 0 saturated heterocycles. The van der Waals surface area contributed by atoms with Gasteiger partial charge < -0.3 is 10.1 Å². The number of hydrogen-bond acceptors (Lipinski definition) is 2. The smallest absolute Gasteiger partial charge is 0.0953 e. The topological polar surface area (TPSA) is 21.3 Å². The summed E-state index contributed by atoms with van der Waals surface area (Å²) in [6, 6.07) is 8.40. The van der Waals surface area contributed by atoms with Crippen molar-refractivity contribution in [2.45, 2.75) is 65.2 Å². The number of ether oxygens (including phenoxy) is 1. The predicted molar refractivity (Wildman–Crippen MR) is 90.1 cm³/mol. The highest BCUT2D eigenvalue weighted by Gasteiger charge is 2.18. The van der Waals surface area contributed by atoms with E-state index in [0.29, 0.717) is 0 Å². The van der Waals surface area contributed by atoms with Gasteiger partial charge in [-0.15, -0.1) is 0 Å². The lowest BCUT2D eigenvalue weighted by Crippen LogP contribution is -2.39. The van der Waals surface area contributed by atoms with Gasteiger partial charge in [0.25, 0.3) is 0 Å². The zero-order valence-electron chi connectivity index (χ0n) is 13.4. The van der Waals surface area contributed by atoms with Gasteiger partial charge in [0.15, 0.2) is 0 Å². The van der Waals surface area contributed by atoms with E-state index in [4.69, 9.17) is 4.74 Å². The molecule has 1 aromatic rings. The summed E-state index contributed by atoms with van der Waals surface area (Å²) in [5.41, 5.74) is 1.32. The highest BCUT2D eigenvalue weighted by Crippen LogP contribution is 2.24. The molecule has 2 atom stereocenters. The van der Waals surface area contributed by atoms with Gasteiger partial charge in [-0.25, -0.2) is 0 Å². The summed E-state index contributed by atoms with van der Waals surface area (Å²) >= 11 is 3.54. The highest BCUT2D eigenvalue weighted by atomic mass is 79.9. The first kappa shape index (κ1) is 17.7. The molecule has 0 bridgehead atoms. The van der Waals surface area contributed by atoms with Crippen molar-refractivity contribution < 1.29 is 4.74 Å². The van der Waals surface area contributed by atoms with Crippen LogP contribution >= 0.6 is 15.9 Å². The molecule has 1 rings (SSSR count). The number of hydrogen-bond donors (Lipinski definition) is 1. The van der Waals surface area contributed by atoms with E-state index < -0.39 is 0 Å². The van der Waals surface area contributed by atoms with E-state index in [0.717, 1.165) is 23.9 Å². The number of halogens is 1. The average Bonchev–Trinajstić information content (AvgIpc) is 2.33. The second-order valence-corrected chi connectivity index (χ2v) is 7.33. The molecule has 0 aromatic heterocycles. The fraction of sp³-hybridized carbons (Fsp3) is 0.647. The van der Waals surface area contributed by atoms with Crippen molar-refractivity contribution in [3.63, 3.8) is 0 Å².